The minimum absolute atomic E-state index is 0.584. The van der Waals surface area contributed by atoms with Crippen molar-refractivity contribution in [1.82, 2.24) is 0 Å². The third-order valence-electron chi connectivity index (χ3n) is 4.80. The summed E-state index contributed by atoms with van der Waals surface area (Å²) in [5, 5.41) is 0. The Kier molecular flexibility index (Phi) is 4.80. The molecule has 0 heterocycles. The van der Waals surface area contributed by atoms with Gasteiger partial charge in [-0.05, 0) is 48.4 Å². The molecule has 0 aromatic heterocycles. The number of aryl methyl sites for hydroxylation is 1. The van der Waals surface area contributed by atoms with Crippen LogP contribution in [0.5, 0.6) is 0 Å². The summed E-state index contributed by atoms with van der Waals surface area (Å²) in [5.41, 5.74) is 8.58. The number of nitrogens with zero attached hydrogens (tertiary/aromatic N) is 1. The summed E-state index contributed by atoms with van der Waals surface area (Å²) in [7, 11) is 0. The van der Waals surface area contributed by atoms with Crippen molar-refractivity contribution >= 4 is 17.4 Å². The Balaban J connectivity index is 1.82. The average Bonchev–Trinajstić information content (AvgIpc) is 2.60. The van der Waals surface area contributed by atoms with Crippen molar-refractivity contribution in [3.8, 4) is 0 Å². The van der Waals surface area contributed by atoms with Crippen LogP contribution in [-0.2, 0) is 0 Å². The molecule has 0 bridgehead atoms. The fourth-order valence-corrected chi connectivity index (χ4v) is 3.21. The number of hydrogen-bond donors (Lipinski definition) is 0. The molecule has 122 valence electrons. The van der Waals surface area contributed by atoms with Crippen molar-refractivity contribution in [2.45, 2.75) is 33.1 Å². The second-order valence-corrected chi connectivity index (χ2v) is 6.72. The summed E-state index contributed by atoms with van der Waals surface area (Å²) in [5.74, 6) is 0.584. The quantitative estimate of drug-likeness (QED) is 0.610. The lowest BCUT2D eigenvalue weighted by molar-refractivity contribution is 0.771. The number of hydrogen-bond acceptors (Lipinski definition) is 1. The summed E-state index contributed by atoms with van der Waals surface area (Å²) in [6, 6.07) is 15.1. The predicted octanol–water partition coefficient (Wildman–Crippen LogP) is 6.04. The smallest absolute Gasteiger partial charge is 0.0643 e. The molecule has 0 saturated heterocycles. The maximum Gasteiger partial charge on any atom is 0.0643 e. The molecule has 1 aliphatic carbocycles. The molecule has 1 unspecified atom stereocenters. The van der Waals surface area contributed by atoms with E-state index >= 15 is 0 Å². The lowest BCUT2D eigenvalue weighted by Crippen LogP contribution is -2.07. The summed E-state index contributed by atoms with van der Waals surface area (Å²) in [6.45, 7) is 11.3. The van der Waals surface area contributed by atoms with Crippen LogP contribution in [0.2, 0.25) is 0 Å². The maximum atomic E-state index is 4.81. The first-order valence-corrected chi connectivity index (χ1v) is 8.62. The van der Waals surface area contributed by atoms with E-state index in [2.05, 4.69) is 82.0 Å². The zero-order valence-electron chi connectivity index (χ0n) is 14.8. The van der Waals surface area contributed by atoms with Crippen LogP contribution in [0, 0.1) is 6.92 Å². The Hall–Kier alpha value is -2.41. The predicted molar refractivity (Wildman–Crippen MR) is 106 cm³/mol. The maximum absolute atomic E-state index is 4.81. The van der Waals surface area contributed by atoms with Crippen molar-refractivity contribution in [2.24, 2.45) is 4.99 Å². The van der Waals surface area contributed by atoms with Gasteiger partial charge in [0.2, 0.25) is 0 Å². The Morgan fingerprint density at radius 2 is 1.92 bits per heavy atom. The SMILES string of the molecule is C=C(CN=C(C)c1cccc2c1C=CCC2C)c1ccc(C)cc1. The van der Waals surface area contributed by atoms with Crippen LogP contribution in [0.25, 0.3) is 11.6 Å². The molecule has 1 aliphatic rings. The summed E-state index contributed by atoms with van der Waals surface area (Å²) >= 11 is 0. The number of fused-ring (bicyclic) bond motifs is 1. The first kappa shape index (κ1) is 16.4. The average molecular weight is 315 g/mol. The molecule has 24 heavy (non-hydrogen) atoms. The summed E-state index contributed by atoms with van der Waals surface area (Å²) in [6.07, 6.45) is 5.64. The molecule has 3 rings (SSSR count). The zero-order valence-corrected chi connectivity index (χ0v) is 14.8. The molecule has 0 spiro atoms. The van der Waals surface area contributed by atoms with Crippen molar-refractivity contribution < 1.29 is 0 Å². The van der Waals surface area contributed by atoms with Crippen molar-refractivity contribution in [2.75, 3.05) is 6.54 Å². The topological polar surface area (TPSA) is 12.4 Å². The van der Waals surface area contributed by atoms with Gasteiger partial charge < -0.3 is 0 Å². The van der Waals surface area contributed by atoms with Gasteiger partial charge in [-0.3, -0.25) is 4.99 Å². The van der Waals surface area contributed by atoms with Gasteiger partial charge in [0, 0.05) is 11.3 Å². The summed E-state index contributed by atoms with van der Waals surface area (Å²) in [4.78, 5) is 4.81. The lowest BCUT2D eigenvalue weighted by atomic mass is 9.85. The van der Waals surface area contributed by atoms with E-state index in [1.165, 1.54) is 27.8 Å². The molecule has 0 saturated carbocycles. The molecule has 0 amide bonds. The minimum Gasteiger partial charge on any atom is -0.285 e. The molecule has 0 aliphatic heterocycles. The van der Waals surface area contributed by atoms with Crippen LogP contribution >= 0.6 is 0 Å². The third-order valence-corrected chi connectivity index (χ3v) is 4.80. The molecule has 1 atom stereocenters. The van der Waals surface area contributed by atoms with Gasteiger partial charge >= 0.3 is 0 Å². The molecule has 0 fully saturated rings. The van der Waals surface area contributed by atoms with E-state index in [1.54, 1.807) is 0 Å². The van der Waals surface area contributed by atoms with E-state index in [1.807, 2.05) is 0 Å². The van der Waals surface area contributed by atoms with Crippen LogP contribution in [-0.4, -0.2) is 12.3 Å². The molecule has 2 aromatic rings. The molecule has 2 aromatic carbocycles. The van der Waals surface area contributed by atoms with Crippen molar-refractivity contribution in [3.05, 3.63) is 82.9 Å². The molecular formula is C23H25N. The highest BCUT2D eigenvalue weighted by molar-refractivity contribution is 6.02. The van der Waals surface area contributed by atoms with Gasteiger partial charge in [0.15, 0.2) is 0 Å². The second kappa shape index (κ2) is 7.00. The monoisotopic (exact) mass is 315 g/mol. The van der Waals surface area contributed by atoms with Gasteiger partial charge in [-0.1, -0.05) is 73.7 Å². The normalized spacial score (nSPS) is 16.8. The van der Waals surface area contributed by atoms with E-state index in [-0.39, 0.29) is 0 Å². The van der Waals surface area contributed by atoms with E-state index in [0.29, 0.717) is 12.5 Å². The van der Waals surface area contributed by atoms with Crippen LogP contribution in [0.15, 0.2) is 60.1 Å². The number of allylic oxidation sites excluding steroid dienone is 1. The van der Waals surface area contributed by atoms with Gasteiger partial charge in [-0.2, -0.15) is 0 Å². The van der Waals surface area contributed by atoms with Gasteiger partial charge in [-0.25, -0.2) is 0 Å². The van der Waals surface area contributed by atoms with Crippen LogP contribution in [0.4, 0.5) is 0 Å². The first-order valence-electron chi connectivity index (χ1n) is 8.62. The van der Waals surface area contributed by atoms with Crippen LogP contribution in [0.3, 0.4) is 0 Å². The zero-order chi connectivity index (χ0) is 17.1. The highest BCUT2D eigenvalue weighted by Crippen LogP contribution is 2.31. The van der Waals surface area contributed by atoms with E-state index < -0.39 is 0 Å². The third kappa shape index (κ3) is 3.41. The van der Waals surface area contributed by atoms with Crippen molar-refractivity contribution in [3.63, 3.8) is 0 Å². The highest BCUT2D eigenvalue weighted by Gasteiger charge is 2.16. The lowest BCUT2D eigenvalue weighted by Gasteiger charge is -2.20. The Morgan fingerprint density at radius 3 is 2.67 bits per heavy atom. The van der Waals surface area contributed by atoms with Gasteiger partial charge in [-0.15, -0.1) is 0 Å². The van der Waals surface area contributed by atoms with Crippen molar-refractivity contribution in [1.29, 1.82) is 0 Å². The van der Waals surface area contributed by atoms with E-state index in [0.717, 1.165) is 17.7 Å². The van der Waals surface area contributed by atoms with Crippen LogP contribution in [0.1, 0.15) is 54.0 Å². The van der Waals surface area contributed by atoms with Gasteiger partial charge in [0.25, 0.3) is 0 Å². The Morgan fingerprint density at radius 1 is 1.17 bits per heavy atom. The standard InChI is InChI=1S/C23H25N/c1-16-11-13-20(14-12-16)18(3)15-24-19(4)22-9-6-8-21-17(2)7-5-10-23(21)22/h5-6,8-14,17H,3,7,15H2,1-2,4H3. The van der Waals surface area contributed by atoms with Gasteiger partial charge in [0.05, 0.1) is 6.54 Å². The van der Waals surface area contributed by atoms with E-state index in [9.17, 15) is 0 Å². The molecule has 1 heteroatoms. The molecule has 0 N–H and O–H groups in total. The number of rotatable bonds is 4. The Bertz CT molecular complexity index is 806. The number of aliphatic imine (C=N–C) groups is 1. The molecular weight excluding hydrogens is 290 g/mol. The first-order chi connectivity index (χ1) is 11.6. The fourth-order valence-electron chi connectivity index (χ4n) is 3.21. The highest BCUT2D eigenvalue weighted by atomic mass is 14.7. The Labute approximate surface area is 145 Å². The summed E-state index contributed by atoms with van der Waals surface area (Å²) < 4.78 is 0. The largest absolute Gasteiger partial charge is 0.285 e. The second-order valence-electron chi connectivity index (χ2n) is 6.72. The fraction of sp³-hybridized carbons (Fsp3) is 0.261. The van der Waals surface area contributed by atoms with Crippen LogP contribution < -0.4 is 0 Å². The number of benzene rings is 2. The minimum atomic E-state index is 0.584. The van der Waals surface area contributed by atoms with Gasteiger partial charge in [0.1, 0.15) is 0 Å². The molecule has 0 radical (unpaired) electrons. The van der Waals surface area contributed by atoms with E-state index in [4.69, 9.17) is 4.99 Å². The molecule has 1 nitrogen and oxygen atoms in total.